The van der Waals surface area contributed by atoms with Crippen LogP contribution in [0, 0.1) is 19.7 Å². The van der Waals surface area contributed by atoms with Gasteiger partial charge in [0.2, 0.25) is 0 Å². The number of amides is 1. The summed E-state index contributed by atoms with van der Waals surface area (Å²) in [5, 5.41) is 3.24. The number of hydrogen-bond donors (Lipinski definition) is 2. The second-order valence-corrected chi connectivity index (χ2v) is 7.83. The molecule has 0 saturated heterocycles. The van der Waals surface area contributed by atoms with Crippen LogP contribution in [0.25, 0.3) is 0 Å². The maximum Gasteiger partial charge on any atom is 0.256 e. The van der Waals surface area contributed by atoms with Gasteiger partial charge in [0.05, 0.1) is 11.2 Å². The van der Waals surface area contributed by atoms with Crippen molar-refractivity contribution in [3.8, 4) is 0 Å². The zero-order chi connectivity index (χ0) is 18.9. The van der Waals surface area contributed by atoms with Gasteiger partial charge in [0.15, 0.2) is 5.17 Å². The highest BCUT2D eigenvalue weighted by atomic mass is 32.2. The molecule has 1 aliphatic heterocycles. The number of halogens is 1. The molecule has 0 aliphatic carbocycles. The van der Waals surface area contributed by atoms with Gasteiger partial charge in [-0.3, -0.25) is 9.79 Å². The summed E-state index contributed by atoms with van der Waals surface area (Å²) in [4.78, 5) is 17.2. The number of anilines is 1. The number of carbonyl (C=O) groups is 1. The second kappa shape index (κ2) is 7.11. The van der Waals surface area contributed by atoms with E-state index in [1.54, 1.807) is 18.2 Å². The molecule has 3 rings (SSSR count). The predicted octanol–water partition coefficient (Wildman–Crippen LogP) is 4.36. The maximum absolute atomic E-state index is 14.3. The first kappa shape index (κ1) is 18.5. The van der Waals surface area contributed by atoms with E-state index >= 15 is 0 Å². The van der Waals surface area contributed by atoms with Crippen molar-refractivity contribution in [2.24, 2.45) is 10.7 Å². The van der Waals surface area contributed by atoms with Gasteiger partial charge in [-0.15, -0.1) is 0 Å². The molecule has 2 aromatic rings. The van der Waals surface area contributed by atoms with Crippen LogP contribution >= 0.6 is 11.8 Å². The Morgan fingerprint density at radius 2 is 2.08 bits per heavy atom. The molecule has 0 spiro atoms. The van der Waals surface area contributed by atoms with Gasteiger partial charge in [0, 0.05) is 11.3 Å². The normalized spacial score (nSPS) is 19.8. The van der Waals surface area contributed by atoms with Crippen molar-refractivity contribution in [2.45, 2.75) is 32.7 Å². The lowest BCUT2D eigenvalue weighted by molar-refractivity contribution is 0.102. The lowest BCUT2D eigenvalue weighted by Gasteiger charge is -2.30. The molecular weight excluding hydrogens is 349 g/mol. The average molecular weight is 371 g/mol. The highest BCUT2D eigenvalue weighted by Gasteiger charge is 2.30. The van der Waals surface area contributed by atoms with Crippen LogP contribution in [0.1, 0.15) is 40.4 Å². The number of aliphatic imine (C=N–C) groups is 1. The van der Waals surface area contributed by atoms with Gasteiger partial charge in [-0.25, -0.2) is 4.39 Å². The van der Waals surface area contributed by atoms with E-state index in [0.29, 0.717) is 10.7 Å². The number of amidine groups is 1. The number of carbonyl (C=O) groups excluding carboxylic acids is 1. The SMILES string of the molecule is Cc1cccc(C(=O)Nc2cc(C3(C)CCSC(N)=N3)ccc2F)c1C. The van der Waals surface area contributed by atoms with Crippen LogP contribution in [-0.4, -0.2) is 16.8 Å². The van der Waals surface area contributed by atoms with E-state index in [9.17, 15) is 9.18 Å². The van der Waals surface area contributed by atoms with Crippen molar-refractivity contribution in [2.75, 3.05) is 11.1 Å². The van der Waals surface area contributed by atoms with E-state index in [4.69, 9.17) is 5.73 Å². The largest absolute Gasteiger partial charge is 0.379 e. The zero-order valence-electron chi connectivity index (χ0n) is 15.1. The molecule has 136 valence electrons. The Hall–Kier alpha value is -2.34. The van der Waals surface area contributed by atoms with Gasteiger partial charge in [-0.2, -0.15) is 0 Å². The highest BCUT2D eigenvalue weighted by molar-refractivity contribution is 8.13. The molecule has 0 bridgehead atoms. The van der Waals surface area contributed by atoms with E-state index in [1.807, 2.05) is 32.9 Å². The summed E-state index contributed by atoms with van der Waals surface area (Å²) in [6, 6.07) is 10.2. The third kappa shape index (κ3) is 3.60. The first-order valence-corrected chi connectivity index (χ1v) is 9.44. The summed E-state index contributed by atoms with van der Waals surface area (Å²) < 4.78 is 14.3. The van der Waals surface area contributed by atoms with Gasteiger partial charge in [0.25, 0.3) is 5.91 Å². The molecule has 1 aliphatic rings. The fourth-order valence-electron chi connectivity index (χ4n) is 3.04. The van der Waals surface area contributed by atoms with Gasteiger partial charge >= 0.3 is 0 Å². The number of nitrogens with zero attached hydrogens (tertiary/aromatic N) is 1. The Balaban J connectivity index is 1.92. The standard InChI is InChI=1S/C20H22FN3OS/c1-12-5-4-6-15(13(12)2)18(25)23-17-11-14(7-8-16(17)21)20(3)9-10-26-19(22)24-20/h4-8,11H,9-10H2,1-3H3,(H2,22,24)(H,23,25). The molecule has 2 aromatic carbocycles. The van der Waals surface area contributed by atoms with E-state index in [1.165, 1.54) is 17.8 Å². The predicted molar refractivity (Wildman–Crippen MR) is 106 cm³/mol. The van der Waals surface area contributed by atoms with Crippen LogP contribution in [0.5, 0.6) is 0 Å². The highest BCUT2D eigenvalue weighted by Crippen LogP contribution is 2.36. The number of nitrogens with one attached hydrogen (secondary N) is 1. The van der Waals surface area contributed by atoms with Crippen molar-refractivity contribution in [3.05, 3.63) is 64.5 Å². The number of nitrogens with two attached hydrogens (primary N) is 1. The molecule has 1 unspecified atom stereocenters. The summed E-state index contributed by atoms with van der Waals surface area (Å²) in [6.45, 7) is 5.80. The van der Waals surface area contributed by atoms with Gasteiger partial charge in [0.1, 0.15) is 5.82 Å². The summed E-state index contributed by atoms with van der Waals surface area (Å²) in [5.74, 6) is 0.0562. The van der Waals surface area contributed by atoms with Gasteiger partial charge < -0.3 is 11.1 Å². The summed E-state index contributed by atoms with van der Waals surface area (Å²) in [5.41, 5.74) is 8.79. The van der Waals surface area contributed by atoms with Crippen LogP contribution in [0.3, 0.4) is 0 Å². The van der Waals surface area contributed by atoms with Crippen LogP contribution in [0.4, 0.5) is 10.1 Å². The van der Waals surface area contributed by atoms with Crippen LogP contribution in [0.2, 0.25) is 0 Å². The monoisotopic (exact) mass is 371 g/mol. The Labute approximate surface area is 157 Å². The van der Waals surface area contributed by atoms with Crippen LogP contribution < -0.4 is 11.1 Å². The van der Waals surface area contributed by atoms with Crippen molar-refractivity contribution in [1.29, 1.82) is 0 Å². The molecule has 0 radical (unpaired) electrons. The van der Waals surface area contributed by atoms with Crippen molar-refractivity contribution >= 4 is 28.5 Å². The van der Waals surface area contributed by atoms with E-state index in [2.05, 4.69) is 10.3 Å². The van der Waals surface area contributed by atoms with E-state index in [0.717, 1.165) is 28.9 Å². The molecular formula is C20H22FN3OS. The minimum Gasteiger partial charge on any atom is -0.379 e. The summed E-state index contributed by atoms with van der Waals surface area (Å²) in [7, 11) is 0. The maximum atomic E-state index is 14.3. The quantitative estimate of drug-likeness (QED) is 0.842. The molecule has 0 aromatic heterocycles. The average Bonchev–Trinajstić information content (AvgIpc) is 2.59. The first-order chi connectivity index (χ1) is 12.3. The lowest BCUT2D eigenvalue weighted by Crippen LogP contribution is -2.29. The number of thioether (sulfide) groups is 1. The van der Waals surface area contributed by atoms with Gasteiger partial charge in [-0.05, 0) is 62.1 Å². The Bertz CT molecular complexity index is 897. The zero-order valence-corrected chi connectivity index (χ0v) is 15.9. The van der Waals surface area contributed by atoms with Crippen LogP contribution in [-0.2, 0) is 5.54 Å². The molecule has 0 saturated carbocycles. The molecule has 1 atom stereocenters. The van der Waals surface area contributed by atoms with Crippen molar-refractivity contribution in [1.82, 2.24) is 0 Å². The number of aryl methyl sites for hydroxylation is 1. The molecule has 26 heavy (non-hydrogen) atoms. The third-order valence-electron chi connectivity index (χ3n) is 4.88. The number of rotatable bonds is 3. The molecule has 6 heteroatoms. The van der Waals surface area contributed by atoms with E-state index < -0.39 is 11.4 Å². The van der Waals surface area contributed by atoms with Crippen LogP contribution in [0.15, 0.2) is 41.4 Å². The topological polar surface area (TPSA) is 67.5 Å². The minimum absolute atomic E-state index is 0.154. The lowest BCUT2D eigenvalue weighted by atomic mass is 9.89. The molecule has 1 heterocycles. The fourth-order valence-corrected chi connectivity index (χ4v) is 4.01. The Morgan fingerprint density at radius 1 is 1.31 bits per heavy atom. The fraction of sp³-hybridized carbons (Fsp3) is 0.300. The summed E-state index contributed by atoms with van der Waals surface area (Å²) >= 11 is 1.52. The Kier molecular flexibility index (Phi) is 5.05. The second-order valence-electron chi connectivity index (χ2n) is 6.72. The van der Waals surface area contributed by atoms with Gasteiger partial charge in [-0.1, -0.05) is 30.0 Å². The third-order valence-corrected chi connectivity index (χ3v) is 5.68. The minimum atomic E-state index is -0.512. The number of benzene rings is 2. The number of hydrogen-bond acceptors (Lipinski definition) is 4. The molecule has 3 N–H and O–H groups in total. The molecule has 0 fully saturated rings. The Morgan fingerprint density at radius 3 is 2.81 bits per heavy atom. The van der Waals surface area contributed by atoms with Crippen molar-refractivity contribution < 1.29 is 9.18 Å². The van der Waals surface area contributed by atoms with Crippen molar-refractivity contribution in [3.63, 3.8) is 0 Å². The summed E-state index contributed by atoms with van der Waals surface area (Å²) in [6.07, 6.45) is 0.800. The van der Waals surface area contributed by atoms with E-state index in [-0.39, 0.29) is 11.6 Å². The first-order valence-electron chi connectivity index (χ1n) is 8.46. The smallest absolute Gasteiger partial charge is 0.256 e. The molecule has 1 amide bonds. The molecule has 4 nitrogen and oxygen atoms in total.